The van der Waals surface area contributed by atoms with Crippen LogP contribution in [0.2, 0.25) is 0 Å². The van der Waals surface area contributed by atoms with Gasteiger partial charge in [-0.2, -0.15) is 0 Å². The predicted octanol–water partition coefficient (Wildman–Crippen LogP) is 12.4. The monoisotopic (exact) mass is 612 g/mol. The Morgan fingerprint density at radius 1 is 0.478 bits per heavy atom. The number of hydrogen-bond acceptors (Lipinski definition) is 2. The van der Waals surface area contributed by atoms with Crippen molar-refractivity contribution in [2.75, 3.05) is 14.2 Å². The van der Waals surface area contributed by atoms with E-state index in [1.165, 1.54) is 97.2 Å². The predicted molar refractivity (Wildman–Crippen MR) is 197 cm³/mol. The number of benzene rings is 5. The molecule has 2 nitrogen and oxygen atoms in total. The first-order valence-corrected chi connectivity index (χ1v) is 17.9. The van der Waals surface area contributed by atoms with Crippen LogP contribution in [0.1, 0.15) is 107 Å². The molecule has 0 unspecified atom stereocenters. The molecule has 0 fully saturated rings. The molecule has 0 saturated carbocycles. The van der Waals surface area contributed by atoms with Gasteiger partial charge in [0.05, 0.1) is 14.2 Å². The lowest BCUT2D eigenvalue weighted by molar-refractivity contribution is 0.362. The van der Waals surface area contributed by atoms with Gasteiger partial charge in [0.1, 0.15) is 0 Å². The number of ether oxygens (including phenoxy) is 2. The summed E-state index contributed by atoms with van der Waals surface area (Å²) in [5, 5.41) is 4.63. The summed E-state index contributed by atoms with van der Waals surface area (Å²) in [5.74, 6) is 1.64. The second-order valence-electron chi connectivity index (χ2n) is 13.5. The van der Waals surface area contributed by atoms with Crippen molar-refractivity contribution in [1.29, 1.82) is 0 Å². The average Bonchev–Trinajstić information content (AvgIpc) is 3.36. The lowest BCUT2D eigenvalue weighted by Crippen LogP contribution is -2.25. The molecule has 0 spiro atoms. The van der Waals surface area contributed by atoms with Gasteiger partial charge in [-0.1, -0.05) is 144 Å². The van der Waals surface area contributed by atoms with Gasteiger partial charge in [0.25, 0.3) is 0 Å². The van der Waals surface area contributed by atoms with Gasteiger partial charge < -0.3 is 9.47 Å². The minimum absolute atomic E-state index is 0.153. The number of rotatable bonds is 16. The van der Waals surface area contributed by atoms with Crippen LogP contribution in [0.5, 0.6) is 11.5 Å². The molecule has 0 amide bonds. The van der Waals surface area contributed by atoms with Crippen molar-refractivity contribution in [2.24, 2.45) is 0 Å². The summed E-state index contributed by atoms with van der Waals surface area (Å²) in [6.07, 6.45) is 16.3. The lowest BCUT2D eigenvalue weighted by atomic mass is 9.70. The van der Waals surface area contributed by atoms with E-state index in [9.17, 15) is 0 Å². The highest BCUT2D eigenvalue weighted by Crippen LogP contribution is 2.54. The third-order valence-corrected chi connectivity index (χ3v) is 10.6. The maximum absolute atomic E-state index is 5.93. The molecular formula is C44H52O2. The van der Waals surface area contributed by atoms with Gasteiger partial charge in [0.15, 0.2) is 11.5 Å². The highest BCUT2D eigenvalue weighted by Gasteiger charge is 2.42. The van der Waals surface area contributed by atoms with E-state index in [1.54, 1.807) is 25.3 Å². The van der Waals surface area contributed by atoms with Crippen LogP contribution in [-0.4, -0.2) is 14.2 Å². The first kappa shape index (κ1) is 32.2. The molecule has 5 aromatic rings. The summed E-state index contributed by atoms with van der Waals surface area (Å²) in [6, 6.07) is 32.1. The van der Waals surface area contributed by atoms with Crippen LogP contribution >= 0.6 is 0 Å². The number of aryl methyl sites for hydroxylation is 2. The van der Waals surface area contributed by atoms with Crippen LogP contribution < -0.4 is 9.47 Å². The fraction of sp³-hybridized carbons (Fsp3) is 0.409. The SMILES string of the molecule is CCCCCCC1(CCCCCC)c2ccccc2-c2ccc(CCCc3ccc4c(c3)c(OC)c(OC)c3ccccc34)cc21. The van der Waals surface area contributed by atoms with E-state index < -0.39 is 0 Å². The Morgan fingerprint density at radius 2 is 1.04 bits per heavy atom. The summed E-state index contributed by atoms with van der Waals surface area (Å²) in [5.41, 5.74) is 9.12. The summed E-state index contributed by atoms with van der Waals surface area (Å²) in [4.78, 5) is 0. The first-order valence-electron chi connectivity index (χ1n) is 17.9. The molecule has 0 heterocycles. The van der Waals surface area contributed by atoms with Gasteiger partial charge in [-0.15, -0.1) is 0 Å². The van der Waals surface area contributed by atoms with Gasteiger partial charge >= 0.3 is 0 Å². The Balaban J connectivity index is 1.26. The summed E-state index contributed by atoms with van der Waals surface area (Å²) in [7, 11) is 3.48. The number of methoxy groups -OCH3 is 2. The van der Waals surface area contributed by atoms with E-state index >= 15 is 0 Å². The molecule has 0 aliphatic heterocycles. The molecule has 6 rings (SSSR count). The normalized spacial score (nSPS) is 13.2. The fourth-order valence-electron chi connectivity index (χ4n) is 8.26. The molecule has 0 aromatic heterocycles. The Labute approximate surface area is 277 Å². The van der Waals surface area contributed by atoms with Crippen molar-refractivity contribution in [3.05, 3.63) is 107 Å². The molecule has 0 bridgehead atoms. The van der Waals surface area contributed by atoms with Crippen LogP contribution in [0.3, 0.4) is 0 Å². The largest absolute Gasteiger partial charge is 0.492 e. The molecule has 0 N–H and O–H groups in total. The average molecular weight is 613 g/mol. The Morgan fingerprint density at radius 3 is 1.74 bits per heavy atom. The van der Waals surface area contributed by atoms with Gasteiger partial charge in [0, 0.05) is 16.2 Å². The van der Waals surface area contributed by atoms with Crippen molar-refractivity contribution >= 4 is 21.5 Å². The van der Waals surface area contributed by atoms with Crippen LogP contribution in [0.25, 0.3) is 32.7 Å². The Bertz CT molecular complexity index is 1770. The second-order valence-corrected chi connectivity index (χ2v) is 13.5. The van der Waals surface area contributed by atoms with Gasteiger partial charge in [-0.3, -0.25) is 0 Å². The van der Waals surface area contributed by atoms with E-state index in [2.05, 4.69) is 98.8 Å². The fourth-order valence-corrected chi connectivity index (χ4v) is 8.26. The van der Waals surface area contributed by atoms with Gasteiger partial charge in [-0.05, 0) is 82.3 Å². The maximum atomic E-state index is 5.93. The van der Waals surface area contributed by atoms with Gasteiger partial charge in [0.2, 0.25) is 0 Å². The van der Waals surface area contributed by atoms with E-state index in [0.29, 0.717) is 0 Å². The molecule has 1 aliphatic rings. The van der Waals surface area contributed by atoms with E-state index in [0.717, 1.165) is 41.5 Å². The summed E-state index contributed by atoms with van der Waals surface area (Å²) < 4.78 is 11.8. The molecule has 2 heteroatoms. The molecule has 46 heavy (non-hydrogen) atoms. The van der Waals surface area contributed by atoms with E-state index in [-0.39, 0.29) is 5.41 Å². The molecule has 240 valence electrons. The zero-order valence-corrected chi connectivity index (χ0v) is 28.6. The summed E-state index contributed by atoms with van der Waals surface area (Å²) in [6.45, 7) is 4.64. The minimum atomic E-state index is 0.153. The molecule has 0 saturated heterocycles. The number of unbranched alkanes of at least 4 members (excludes halogenated alkanes) is 6. The standard InChI is InChI=1S/C44H52O2/c1-5-7-9-15-28-44(29-16-10-8-6-2)40-23-14-13-21-36(40)37-27-25-33(31-41(37)44)19-17-18-32-24-26-35-34-20-11-12-22-38(34)42(45-3)43(46-4)39(35)30-32/h11-14,20-27,30-31H,5-10,15-19,28-29H2,1-4H3. The minimum Gasteiger partial charge on any atom is -0.492 e. The van der Waals surface area contributed by atoms with Crippen molar-refractivity contribution in [2.45, 2.75) is 103 Å². The van der Waals surface area contributed by atoms with Crippen LogP contribution in [0.4, 0.5) is 0 Å². The third-order valence-electron chi connectivity index (χ3n) is 10.6. The topological polar surface area (TPSA) is 18.5 Å². The smallest absolute Gasteiger partial charge is 0.169 e. The lowest BCUT2D eigenvalue weighted by Gasteiger charge is -2.33. The first-order chi connectivity index (χ1) is 22.6. The van der Waals surface area contributed by atoms with Crippen molar-refractivity contribution in [3.8, 4) is 22.6 Å². The molecule has 0 radical (unpaired) electrons. The van der Waals surface area contributed by atoms with Crippen LogP contribution in [-0.2, 0) is 18.3 Å². The quantitative estimate of drug-likeness (QED) is 0.0815. The van der Waals surface area contributed by atoms with E-state index in [4.69, 9.17) is 9.47 Å². The van der Waals surface area contributed by atoms with Crippen LogP contribution in [0.15, 0.2) is 84.9 Å². The molecule has 0 atom stereocenters. The molecule has 5 aromatic carbocycles. The Kier molecular flexibility index (Phi) is 10.3. The number of hydrogen-bond donors (Lipinski definition) is 0. The third kappa shape index (κ3) is 6.16. The molecular weight excluding hydrogens is 560 g/mol. The number of fused-ring (bicyclic) bond motifs is 6. The van der Waals surface area contributed by atoms with Crippen molar-refractivity contribution in [1.82, 2.24) is 0 Å². The zero-order chi connectivity index (χ0) is 31.9. The highest BCUT2D eigenvalue weighted by atomic mass is 16.5. The van der Waals surface area contributed by atoms with Crippen molar-refractivity contribution in [3.63, 3.8) is 0 Å². The second kappa shape index (κ2) is 14.8. The van der Waals surface area contributed by atoms with E-state index in [1.807, 2.05) is 0 Å². The maximum Gasteiger partial charge on any atom is 0.169 e. The van der Waals surface area contributed by atoms with Crippen LogP contribution in [0, 0.1) is 0 Å². The Hall–Kier alpha value is -3.78. The summed E-state index contributed by atoms with van der Waals surface area (Å²) >= 11 is 0. The highest BCUT2D eigenvalue weighted by molar-refractivity contribution is 6.13. The van der Waals surface area contributed by atoms with Crippen molar-refractivity contribution < 1.29 is 9.47 Å². The molecule has 1 aliphatic carbocycles. The zero-order valence-electron chi connectivity index (χ0n) is 28.6. The van der Waals surface area contributed by atoms with Gasteiger partial charge in [-0.25, -0.2) is 0 Å².